The first-order chi connectivity index (χ1) is 13.7. The number of aryl methyl sites for hydroxylation is 1. The Labute approximate surface area is 170 Å². The summed E-state index contributed by atoms with van der Waals surface area (Å²) in [6.07, 6.45) is 0. The van der Waals surface area contributed by atoms with Crippen LogP contribution < -0.4 is 10.6 Å². The van der Waals surface area contributed by atoms with E-state index in [4.69, 9.17) is 4.42 Å². The van der Waals surface area contributed by atoms with Gasteiger partial charge >= 0.3 is 0 Å². The second-order valence-electron chi connectivity index (χ2n) is 7.10. The van der Waals surface area contributed by atoms with Crippen LogP contribution in [0, 0.1) is 6.92 Å². The van der Waals surface area contributed by atoms with Crippen LogP contribution in [0.25, 0.3) is 11.0 Å². The summed E-state index contributed by atoms with van der Waals surface area (Å²) in [5, 5.41) is 6.84. The van der Waals surface area contributed by atoms with Gasteiger partial charge in [0.15, 0.2) is 0 Å². The summed E-state index contributed by atoms with van der Waals surface area (Å²) in [6.45, 7) is 3.60. The van der Waals surface area contributed by atoms with Crippen LogP contribution in [0.1, 0.15) is 24.3 Å². The summed E-state index contributed by atoms with van der Waals surface area (Å²) in [7, 11) is -0.580. The lowest BCUT2D eigenvalue weighted by Gasteiger charge is -2.16. The fourth-order valence-corrected chi connectivity index (χ4v) is 4.09. The first-order valence-corrected chi connectivity index (χ1v) is 10.7. The molecule has 3 aromatic rings. The monoisotopic (exact) mass is 415 g/mol. The lowest BCUT2D eigenvalue weighted by Crippen LogP contribution is -2.32. The van der Waals surface area contributed by atoms with E-state index in [1.807, 2.05) is 37.3 Å². The normalized spacial score (nSPS) is 12.9. The Hall–Kier alpha value is -2.84. The topological polar surface area (TPSA) is 91.6 Å². The van der Waals surface area contributed by atoms with Crippen LogP contribution in [0.2, 0.25) is 0 Å². The molecule has 0 radical (unpaired) electrons. The number of fused-ring (bicyclic) bond motifs is 1. The summed E-state index contributed by atoms with van der Waals surface area (Å²) in [5.41, 5.74) is 1.98. The zero-order valence-corrected chi connectivity index (χ0v) is 17.7. The molecule has 154 valence electrons. The van der Waals surface area contributed by atoms with Crippen molar-refractivity contribution < 1.29 is 17.6 Å². The van der Waals surface area contributed by atoms with E-state index >= 15 is 0 Å². The number of amides is 1. The summed E-state index contributed by atoms with van der Waals surface area (Å²) in [6, 6.07) is 14.3. The van der Waals surface area contributed by atoms with Crippen molar-refractivity contribution in [2.75, 3.05) is 26.0 Å². The largest absolute Gasteiger partial charge is 0.459 e. The van der Waals surface area contributed by atoms with Gasteiger partial charge in [0, 0.05) is 25.2 Å². The Bertz CT molecular complexity index is 1100. The molecule has 0 unspecified atom stereocenters. The minimum absolute atomic E-state index is 0.00901. The number of hydrogen-bond acceptors (Lipinski definition) is 5. The molecule has 3 rings (SSSR count). The van der Waals surface area contributed by atoms with Gasteiger partial charge in [-0.05, 0) is 43.7 Å². The van der Waals surface area contributed by atoms with Gasteiger partial charge in [-0.15, -0.1) is 0 Å². The molecule has 0 spiro atoms. The van der Waals surface area contributed by atoms with E-state index in [2.05, 4.69) is 10.6 Å². The van der Waals surface area contributed by atoms with Gasteiger partial charge in [-0.1, -0.05) is 24.3 Å². The molecule has 0 saturated carbocycles. The van der Waals surface area contributed by atoms with Crippen LogP contribution in [-0.4, -0.2) is 39.3 Å². The van der Waals surface area contributed by atoms with E-state index in [0.29, 0.717) is 17.0 Å². The van der Waals surface area contributed by atoms with E-state index in [1.165, 1.54) is 18.4 Å². The van der Waals surface area contributed by atoms with Gasteiger partial charge in [-0.2, -0.15) is 0 Å². The highest BCUT2D eigenvalue weighted by molar-refractivity contribution is 7.89. The molecule has 0 aliphatic heterocycles. The van der Waals surface area contributed by atoms with Gasteiger partial charge in [0.1, 0.15) is 11.3 Å². The van der Waals surface area contributed by atoms with Crippen molar-refractivity contribution in [2.45, 2.75) is 24.8 Å². The molecule has 2 N–H and O–H groups in total. The zero-order valence-electron chi connectivity index (χ0n) is 16.9. The average molecular weight is 416 g/mol. The third-order valence-corrected chi connectivity index (χ3v) is 6.61. The van der Waals surface area contributed by atoms with Gasteiger partial charge < -0.3 is 15.1 Å². The molecule has 1 atom stereocenters. The number of sulfonamides is 1. The lowest BCUT2D eigenvalue weighted by molar-refractivity contribution is -0.120. The highest BCUT2D eigenvalue weighted by Crippen LogP contribution is 2.24. The molecular formula is C21H25N3O4S. The van der Waals surface area contributed by atoms with E-state index in [0.717, 1.165) is 11.0 Å². The number of benzene rings is 2. The van der Waals surface area contributed by atoms with Crippen LogP contribution in [0.4, 0.5) is 5.69 Å². The summed E-state index contributed by atoms with van der Waals surface area (Å²) in [5.74, 6) is 0.449. The van der Waals surface area contributed by atoms with Crippen molar-refractivity contribution in [3.63, 3.8) is 0 Å². The van der Waals surface area contributed by atoms with Crippen molar-refractivity contribution in [3.8, 4) is 0 Å². The molecule has 7 nitrogen and oxygen atoms in total. The summed E-state index contributed by atoms with van der Waals surface area (Å²) >= 11 is 0. The number of nitrogens with zero attached hydrogens (tertiary/aromatic N) is 1. The molecule has 0 fully saturated rings. The summed E-state index contributed by atoms with van der Waals surface area (Å²) in [4.78, 5) is 12.5. The minimum Gasteiger partial charge on any atom is -0.459 e. The Kier molecular flexibility index (Phi) is 5.95. The molecule has 1 heterocycles. The molecule has 1 aromatic heterocycles. The Morgan fingerprint density at radius 3 is 2.55 bits per heavy atom. The van der Waals surface area contributed by atoms with E-state index < -0.39 is 10.0 Å². The van der Waals surface area contributed by atoms with Gasteiger partial charge in [0.2, 0.25) is 15.9 Å². The Morgan fingerprint density at radius 2 is 1.86 bits per heavy atom. The molecule has 8 heteroatoms. The summed E-state index contributed by atoms with van der Waals surface area (Å²) < 4.78 is 31.8. The molecule has 1 amide bonds. The number of anilines is 1. The molecule has 0 bridgehead atoms. The third-order valence-electron chi connectivity index (χ3n) is 4.65. The molecule has 0 saturated heterocycles. The number of carbonyl (C=O) groups excluding carboxylic acids is 1. The van der Waals surface area contributed by atoms with Crippen molar-refractivity contribution in [3.05, 3.63) is 59.9 Å². The quantitative estimate of drug-likeness (QED) is 0.618. The first kappa shape index (κ1) is 20.9. The predicted molar refractivity (Wildman–Crippen MR) is 113 cm³/mol. The number of nitrogens with one attached hydrogen (secondary N) is 2. The fourth-order valence-electron chi connectivity index (χ4n) is 2.95. The maximum absolute atomic E-state index is 12.4. The van der Waals surface area contributed by atoms with E-state index in [1.54, 1.807) is 25.1 Å². The Morgan fingerprint density at radius 1 is 1.14 bits per heavy atom. The lowest BCUT2D eigenvalue weighted by atomic mass is 10.2. The predicted octanol–water partition coefficient (Wildman–Crippen LogP) is 3.28. The number of furan rings is 1. The van der Waals surface area contributed by atoms with Crippen LogP contribution in [-0.2, 0) is 14.8 Å². The molecule has 0 aliphatic carbocycles. The minimum atomic E-state index is -3.56. The third kappa shape index (κ3) is 4.60. The van der Waals surface area contributed by atoms with Crippen LogP contribution in [0.5, 0.6) is 0 Å². The molecular weight excluding hydrogens is 390 g/mol. The fraction of sp³-hybridized carbons (Fsp3) is 0.286. The van der Waals surface area contributed by atoms with Crippen molar-refractivity contribution >= 4 is 32.6 Å². The van der Waals surface area contributed by atoms with Gasteiger partial charge in [-0.3, -0.25) is 4.79 Å². The molecule has 29 heavy (non-hydrogen) atoms. The highest BCUT2D eigenvalue weighted by Gasteiger charge is 2.20. The second kappa shape index (κ2) is 8.26. The number of hydrogen-bond donors (Lipinski definition) is 2. The van der Waals surface area contributed by atoms with Crippen LogP contribution >= 0.6 is 0 Å². The van der Waals surface area contributed by atoms with Gasteiger partial charge in [-0.25, -0.2) is 12.7 Å². The van der Waals surface area contributed by atoms with Gasteiger partial charge in [0.25, 0.3) is 0 Å². The molecule has 2 aromatic carbocycles. The maximum atomic E-state index is 12.4. The van der Waals surface area contributed by atoms with Crippen molar-refractivity contribution in [1.82, 2.24) is 9.62 Å². The average Bonchev–Trinajstić information content (AvgIpc) is 3.11. The highest BCUT2D eigenvalue weighted by atomic mass is 32.2. The standard InChI is InChI=1S/C21H25N3O4S/c1-14-9-10-17(12-20(14)29(26,27)24(3)4)22-13-21(25)23-15(2)19-11-16-7-5-6-8-18(16)28-19/h5-12,15,22H,13H2,1-4H3,(H,23,25)/t15-/m0/s1. The van der Waals surface area contributed by atoms with E-state index in [9.17, 15) is 13.2 Å². The molecule has 0 aliphatic rings. The number of rotatable bonds is 7. The van der Waals surface area contributed by atoms with Gasteiger partial charge in [0.05, 0.1) is 17.5 Å². The Balaban J connectivity index is 1.64. The smallest absolute Gasteiger partial charge is 0.242 e. The van der Waals surface area contributed by atoms with Crippen LogP contribution in [0.15, 0.2) is 57.8 Å². The zero-order chi connectivity index (χ0) is 21.2. The maximum Gasteiger partial charge on any atom is 0.242 e. The van der Waals surface area contributed by atoms with Crippen molar-refractivity contribution in [2.24, 2.45) is 0 Å². The van der Waals surface area contributed by atoms with E-state index in [-0.39, 0.29) is 23.4 Å². The van der Waals surface area contributed by atoms with Crippen molar-refractivity contribution in [1.29, 1.82) is 0 Å². The number of para-hydroxylation sites is 1. The second-order valence-corrected chi connectivity index (χ2v) is 9.22. The van der Waals surface area contributed by atoms with Crippen LogP contribution in [0.3, 0.4) is 0 Å². The SMILES string of the molecule is Cc1ccc(NCC(=O)N[C@@H](C)c2cc3ccccc3o2)cc1S(=O)(=O)N(C)C. The number of carbonyl (C=O) groups is 1. The first-order valence-electron chi connectivity index (χ1n) is 9.23.